The lowest BCUT2D eigenvalue weighted by Crippen LogP contribution is -2.42. The summed E-state index contributed by atoms with van der Waals surface area (Å²) in [5.74, 6) is 0.820. The van der Waals surface area contributed by atoms with E-state index in [1.807, 2.05) is 17.8 Å². The number of anilines is 1. The van der Waals surface area contributed by atoms with Crippen molar-refractivity contribution in [3.63, 3.8) is 0 Å². The van der Waals surface area contributed by atoms with E-state index in [9.17, 15) is 9.90 Å². The Morgan fingerprint density at radius 2 is 2.23 bits per heavy atom. The van der Waals surface area contributed by atoms with Gasteiger partial charge in [-0.1, -0.05) is 0 Å². The van der Waals surface area contributed by atoms with Crippen molar-refractivity contribution in [1.29, 1.82) is 0 Å². The van der Waals surface area contributed by atoms with Crippen molar-refractivity contribution >= 4 is 22.6 Å². The van der Waals surface area contributed by atoms with Gasteiger partial charge >= 0.3 is 6.03 Å². The minimum absolute atomic E-state index is 0.103. The van der Waals surface area contributed by atoms with Gasteiger partial charge in [-0.15, -0.1) is 0 Å². The monoisotopic (exact) mass is 321 g/mol. The summed E-state index contributed by atoms with van der Waals surface area (Å²) in [5.41, 5.74) is 0. The van der Waals surface area contributed by atoms with Crippen molar-refractivity contribution in [2.24, 2.45) is 13.0 Å². The molecule has 3 heterocycles. The van der Waals surface area contributed by atoms with Gasteiger partial charge in [0, 0.05) is 38.7 Å². The molecule has 2 amide bonds. The number of carbonyl (C=O) groups is 1. The zero-order chi connectivity index (χ0) is 15.5. The van der Waals surface area contributed by atoms with E-state index in [1.165, 1.54) is 11.5 Å². The summed E-state index contributed by atoms with van der Waals surface area (Å²) >= 11 is 1.26. The molecule has 0 spiro atoms. The summed E-state index contributed by atoms with van der Waals surface area (Å²) in [6, 6.07) is 1.68. The molecule has 2 aromatic rings. The molecule has 3 rings (SSSR count). The molecule has 1 fully saturated rings. The number of urea groups is 1. The van der Waals surface area contributed by atoms with Crippen LogP contribution in [0.4, 0.5) is 9.80 Å². The van der Waals surface area contributed by atoms with Crippen LogP contribution in [-0.4, -0.2) is 43.1 Å². The molecule has 1 atom stereocenters. The first-order valence-electron chi connectivity index (χ1n) is 7.27. The van der Waals surface area contributed by atoms with E-state index in [4.69, 9.17) is 0 Å². The van der Waals surface area contributed by atoms with Crippen LogP contribution in [0, 0.1) is 5.92 Å². The van der Waals surface area contributed by atoms with E-state index in [0.717, 1.165) is 17.8 Å². The molecule has 1 aliphatic rings. The number of carbonyl (C=O) groups excluding carboxylic acids is 1. The second kappa shape index (κ2) is 6.45. The molecule has 118 valence electrons. The fourth-order valence-corrected chi connectivity index (χ4v) is 3.25. The summed E-state index contributed by atoms with van der Waals surface area (Å²) in [4.78, 5) is 18.1. The van der Waals surface area contributed by atoms with Crippen molar-refractivity contribution < 1.29 is 9.90 Å². The molecule has 0 aromatic carbocycles. The molecule has 8 heteroatoms. The van der Waals surface area contributed by atoms with Gasteiger partial charge < -0.3 is 14.6 Å². The van der Waals surface area contributed by atoms with E-state index >= 15 is 0 Å². The number of aryl methyl sites for hydroxylation is 1. The highest BCUT2D eigenvalue weighted by molar-refractivity contribution is 7.10. The molecule has 1 unspecified atom stereocenters. The molecule has 0 aliphatic carbocycles. The lowest BCUT2D eigenvalue weighted by Gasteiger charge is -2.33. The quantitative estimate of drug-likeness (QED) is 0.904. The van der Waals surface area contributed by atoms with E-state index < -0.39 is 6.10 Å². The van der Waals surface area contributed by atoms with E-state index in [2.05, 4.69) is 14.7 Å². The van der Waals surface area contributed by atoms with Crippen molar-refractivity contribution in [2.45, 2.75) is 18.9 Å². The Labute approximate surface area is 132 Å². The van der Waals surface area contributed by atoms with Crippen molar-refractivity contribution in [2.75, 3.05) is 18.4 Å². The number of aliphatic hydroxyl groups excluding tert-OH is 1. The molecular formula is C14H19N5O2S. The van der Waals surface area contributed by atoms with Gasteiger partial charge in [-0.3, -0.25) is 5.32 Å². The first-order valence-corrected chi connectivity index (χ1v) is 8.04. The predicted octanol–water partition coefficient (Wildman–Crippen LogP) is 1.85. The van der Waals surface area contributed by atoms with Crippen LogP contribution in [0.5, 0.6) is 0 Å². The number of piperidine rings is 1. The maximum Gasteiger partial charge on any atom is 0.322 e. The summed E-state index contributed by atoms with van der Waals surface area (Å²) in [6.07, 6.45) is 6.14. The average molecular weight is 321 g/mol. The Kier molecular flexibility index (Phi) is 4.39. The summed E-state index contributed by atoms with van der Waals surface area (Å²) in [7, 11) is 1.88. The maximum atomic E-state index is 12.1. The predicted molar refractivity (Wildman–Crippen MR) is 83.6 cm³/mol. The molecule has 0 radical (unpaired) electrons. The van der Waals surface area contributed by atoms with Gasteiger partial charge in [0.2, 0.25) is 0 Å². The maximum absolute atomic E-state index is 12.1. The number of likely N-dealkylation sites (tertiary alicyclic amines) is 1. The van der Waals surface area contributed by atoms with Crippen LogP contribution < -0.4 is 5.32 Å². The Morgan fingerprint density at radius 1 is 1.45 bits per heavy atom. The van der Waals surface area contributed by atoms with Gasteiger partial charge in [0.15, 0.2) is 0 Å². The third kappa shape index (κ3) is 3.12. The summed E-state index contributed by atoms with van der Waals surface area (Å²) in [5, 5.41) is 14.0. The minimum Gasteiger partial charge on any atom is -0.385 e. The highest BCUT2D eigenvalue weighted by Gasteiger charge is 2.30. The van der Waals surface area contributed by atoms with Gasteiger partial charge in [-0.2, -0.15) is 4.37 Å². The number of imidazole rings is 1. The van der Waals surface area contributed by atoms with Crippen LogP contribution in [0.1, 0.15) is 24.8 Å². The standard InChI is InChI=1S/C14H19N5O2S/c1-18-9-6-15-13(18)12(20)10-3-7-19(8-4-10)14(21)17-11-2-5-16-22-11/h2,5-6,9-10,12,20H,3-4,7-8H2,1H3,(H,17,21). The number of aliphatic hydroxyl groups is 1. The van der Waals surface area contributed by atoms with Gasteiger partial charge in [-0.25, -0.2) is 9.78 Å². The Bertz CT molecular complexity index is 619. The first kappa shape index (κ1) is 15.0. The van der Waals surface area contributed by atoms with Gasteiger partial charge in [-0.05, 0) is 36.4 Å². The number of hydrogen-bond acceptors (Lipinski definition) is 5. The van der Waals surface area contributed by atoms with Crippen LogP contribution in [-0.2, 0) is 7.05 Å². The molecular weight excluding hydrogens is 302 g/mol. The number of amides is 2. The molecule has 7 nitrogen and oxygen atoms in total. The highest BCUT2D eigenvalue weighted by Crippen LogP contribution is 2.30. The fraction of sp³-hybridized carbons (Fsp3) is 0.500. The minimum atomic E-state index is -0.577. The van der Waals surface area contributed by atoms with Crippen LogP contribution in [0.2, 0.25) is 0 Å². The number of nitrogens with one attached hydrogen (secondary N) is 1. The van der Waals surface area contributed by atoms with Gasteiger partial charge in [0.1, 0.15) is 16.9 Å². The van der Waals surface area contributed by atoms with Crippen molar-refractivity contribution in [1.82, 2.24) is 18.8 Å². The second-order valence-corrected chi connectivity index (χ2v) is 6.31. The molecule has 22 heavy (non-hydrogen) atoms. The number of rotatable bonds is 3. The average Bonchev–Trinajstić information content (AvgIpc) is 3.18. The van der Waals surface area contributed by atoms with Crippen molar-refractivity contribution in [3.05, 3.63) is 30.5 Å². The number of hydrogen-bond donors (Lipinski definition) is 2. The Hall–Kier alpha value is -1.93. The van der Waals surface area contributed by atoms with Crippen LogP contribution in [0.15, 0.2) is 24.7 Å². The van der Waals surface area contributed by atoms with Crippen LogP contribution in [0.3, 0.4) is 0 Å². The zero-order valence-electron chi connectivity index (χ0n) is 12.3. The number of aromatic nitrogens is 3. The smallest absolute Gasteiger partial charge is 0.322 e. The lowest BCUT2D eigenvalue weighted by molar-refractivity contribution is 0.0600. The molecule has 2 aromatic heterocycles. The van der Waals surface area contributed by atoms with Gasteiger partial charge in [0.25, 0.3) is 0 Å². The van der Waals surface area contributed by atoms with E-state index in [-0.39, 0.29) is 11.9 Å². The van der Waals surface area contributed by atoms with E-state index in [1.54, 1.807) is 23.4 Å². The Balaban J connectivity index is 1.54. The number of nitrogens with zero attached hydrogens (tertiary/aromatic N) is 4. The molecule has 1 saturated heterocycles. The largest absolute Gasteiger partial charge is 0.385 e. The summed E-state index contributed by atoms with van der Waals surface area (Å²) in [6.45, 7) is 1.27. The van der Waals surface area contributed by atoms with Crippen LogP contribution >= 0.6 is 11.5 Å². The molecule has 2 N–H and O–H groups in total. The molecule has 0 saturated carbocycles. The molecule has 1 aliphatic heterocycles. The third-order valence-electron chi connectivity index (χ3n) is 4.06. The normalized spacial score (nSPS) is 17.5. The summed E-state index contributed by atoms with van der Waals surface area (Å²) < 4.78 is 5.80. The van der Waals surface area contributed by atoms with Crippen molar-refractivity contribution in [3.8, 4) is 0 Å². The topological polar surface area (TPSA) is 83.3 Å². The third-order valence-corrected chi connectivity index (χ3v) is 4.73. The van der Waals surface area contributed by atoms with Gasteiger partial charge in [0.05, 0.1) is 0 Å². The Morgan fingerprint density at radius 3 is 2.82 bits per heavy atom. The second-order valence-electron chi connectivity index (χ2n) is 5.47. The highest BCUT2D eigenvalue weighted by atomic mass is 32.1. The van der Waals surface area contributed by atoms with E-state index in [0.29, 0.717) is 18.9 Å². The fourth-order valence-electron chi connectivity index (χ4n) is 2.76. The zero-order valence-corrected chi connectivity index (χ0v) is 13.2. The SMILES string of the molecule is Cn1ccnc1C(O)C1CCN(C(=O)Nc2ccns2)CC1. The first-order chi connectivity index (χ1) is 10.6. The van der Waals surface area contributed by atoms with Crippen LogP contribution in [0.25, 0.3) is 0 Å². The lowest BCUT2D eigenvalue weighted by atomic mass is 9.91. The molecule has 0 bridgehead atoms.